The van der Waals surface area contributed by atoms with Gasteiger partial charge in [-0.05, 0) is 48.4 Å². The van der Waals surface area contributed by atoms with Crippen molar-refractivity contribution >= 4 is 40.7 Å². The van der Waals surface area contributed by atoms with Gasteiger partial charge >= 0.3 is 0 Å². The lowest BCUT2D eigenvalue weighted by Gasteiger charge is -2.25. The maximum Gasteiger partial charge on any atom is 0.295 e. The molecule has 2 heterocycles. The van der Waals surface area contributed by atoms with Gasteiger partial charge in [0, 0.05) is 25.6 Å². The van der Waals surface area contributed by atoms with Gasteiger partial charge in [-0.25, -0.2) is 0 Å². The second-order valence-corrected chi connectivity index (χ2v) is 8.43. The van der Waals surface area contributed by atoms with Crippen LogP contribution in [0.5, 0.6) is 5.75 Å². The van der Waals surface area contributed by atoms with Crippen molar-refractivity contribution < 1.29 is 24.2 Å². The molecule has 6 nitrogen and oxygen atoms in total. The Morgan fingerprint density at radius 2 is 1.97 bits per heavy atom. The third-order valence-corrected chi connectivity index (χ3v) is 6.24. The number of ether oxygens (including phenoxy) is 2. The van der Waals surface area contributed by atoms with Crippen molar-refractivity contribution in [2.24, 2.45) is 0 Å². The lowest BCUT2D eigenvalue weighted by molar-refractivity contribution is -0.140. The van der Waals surface area contributed by atoms with Gasteiger partial charge in [-0.2, -0.15) is 0 Å². The maximum atomic E-state index is 13.0. The Morgan fingerprint density at radius 1 is 1.19 bits per heavy atom. The number of carbonyl (C=O) groups is 2. The van der Waals surface area contributed by atoms with Crippen molar-refractivity contribution in [2.75, 3.05) is 20.3 Å². The minimum Gasteiger partial charge on any atom is -0.507 e. The molecule has 2 aromatic carbocycles. The number of methoxy groups -OCH3 is 1. The number of hydrogen-bond donors (Lipinski definition) is 1. The molecule has 4 rings (SSSR count). The zero-order chi connectivity index (χ0) is 22.3. The largest absolute Gasteiger partial charge is 0.507 e. The Bertz CT molecular complexity index is 1100. The van der Waals surface area contributed by atoms with Gasteiger partial charge in [0.1, 0.15) is 17.6 Å². The quantitative estimate of drug-likeness (QED) is 0.406. The summed E-state index contributed by atoms with van der Waals surface area (Å²) in [4.78, 5) is 27.2. The molecule has 0 aromatic heterocycles. The second kappa shape index (κ2) is 8.54. The first kappa shape index (κ1) is 21.7. The van der Waals surface area contributed by atoms with Crippen molar-refractivity contribution in [2.45, 2.75) is 25.5 Å². The first-order valence-electron chi connectivity index (χ1n) is 9.84. The topological polar surface area (TPSA) is 76.1 Å². The van der Waals surface area contributed by atoms with Gasteiger partial charge in [-0.15, -0.1) is 0 Å². The molecule has 1 N–H and O–H groups in total. The van der Waals surface area contributed by atoms with Crippen LogP contribution in [0.4, 0.5) is 0 Å². The number of halogens is 2. The van der Waals surface area contributed by atoms with E-state index in [4.69, 9.17) is 32.7 Å². The first-order valence-corrected chi connectivity index (χ1v) is 10.6. The van der Waals surface area contributed by atoms with Gasteiger partial charge in [0.05, 0.1) is 28.3 Å². The summed E-state index contributed by atoms with van der Waals surface area (Å²) < 4.78 is 10.8. The number of likely N-dealkylation sites (tertiary alicyclic amines) is 1. The number of carbonyl (C=O) groups excluding carboxylic acids is 2. The highest BCUT2D eigenvalue weighted by Crippen LogP contribution is 2.41. The number of fused-ring (bicyclic) bond motifs is 1. The van der Waals surface area contributed by atoms with Gasteiger partial charge in [0.2, 0.25) is 0 Å². The standard InChI is InChI=1S/C23H21Cl2NO5/c1-12-9-15-10-14(4-6-18(15)31-12)21(27)19-20(13-3-5-16(24)17(25)11-13)26(7-8-30-2)23(29)22(19)28/h3-6,10-12,20,27H,7-9H2,1-2H3/b21-19-. The number of Topliss-reactive ketones (excluding diaryl/α,β-unsaturated/α-hetero) is 1. The molecule has 0 saturated carbocycles. The van der Waals surface area contributed by atoms with E-state index < -0.39 is 17.7 Å². The SMILES string of the molecule is COCCN1C(=O)C(=O)/C(=C(\O)c2ccc3c(c2)CC(C)O3)C1c1ccc(Cl)c(Cl)c1. The smallest absolute Gasteiger partial charge is 0.295 e. The molecule has 162 valence electrons. The number of nitrogens with zero attached hydrogens (tertiary/aromatic N) is 1. The average molecular weight is 462 g/mol. The highest BCUT2D eigenvalue weighted by Gasteiger charge is 2.46. The van der Waals surface area contributed by atoms with Crippen LogP contribution >= 0.6 is 23.2 Å². The van der Waals surface area contributed by atoms with Crippen LogP contribution in [0.3, 0.4) is 0 Å². The number of hydrogen-bond acceptors (Lipinski definition) is 5. The molecule has 0 radical (unpaired) electrons. The Kier molecular flexibility index (Phi) is 5.97. The van der Waals surface area contributed by atoms with Crippen molar-refractivity contribution in [1.29, 1.82) is 0 Å². The zero-order valence-corrected chi connectivity index (χ0v) is 18.5. The van der Waals surface area contributed by atoms with Crippen LogP contribution in [-0.4, -0.2) is 48.1 Å². The van der Waals surface area contributed by atoms with E-state index in [0.29, 0.717) is 27.6 Å². The van der Waals surface area contributed by atoms with Crippen molar-refractivity contribution in [3.05, 3.63) is 68.7 Å². The molecule has 2 atom stereocenters. The highest BCUT2D eigenvalue weighted by molar-refractivity contribution is 6.46. The number of benzene rings is 2. The first-order chi connectivity index (χ1) is 14.8. The number of rotatable bonds is 5. The summed E-state index contributed by atoms with van der Waals surface area (Å²) in [7, 11) is 1.51. The molecule has 1 saturated heterocycles. The third kappa shape index (κ3) is 3.91. The molecule has 31 heavy (non-hydrogen) atoms. The molecule has 2 aromatic rings. The van der Waals surface area contributed by atoms with Gasteiger partial charge < -0.3 is 19.5 Å². The van der Waals surface area contributed by atoms with E-state index in [-0.39, 0.29) is 30.6 Å². The molecule has 0 bridgehead atoms. The summed E-state index contributed by atoms with van der Waals surface area (Å²) in [5, 5.41) is 11.8. The molecule has 1 fully saturated rings. The Morgan fingerprint density at radius 3 is 2.68 bits per heavy atom. The van der Waals surface area contributed by atoms with Gasteiger partial charge in [0.15, 0.2) is 0 Å². The molecule has 2 unspecified atom stereocenters. The molecule has 0 aliphatic carbocycles. The van der Waals surface area contributed by atoms with Crippen LogP contribution in [0.2, 0.25) is 10.0 Å². The molecule has 8 heteroatoms. The predicted molar refractivity (Wildman–Crippen MR) is 118 cm³/mol. The van der Waals surface area contributed by atoms with Crippen LogP contribution in [-0.2, 0) is 20.7 Å². The Balaban J connectivity index is 1.84. The average Bonchev–Trinajstić information content (AvgIpc) is 3.24. The van der Waals surface area contributed by atoms with Crippen molar-refractivity contribution in [3.63, 3.8) is 0 Å². The van der Waals surface area contributed by atoms with E-state index in [2.05, 4.69) is 0 Å². The molecular weight excluding hydrogens is 441 g/mol. The Hall–Kier alpha value is -2.54. The van der Waals surface area contributed by atoms with E-state index in [0.717, 1.165) is 11.3 Å². The van der Waals surface area contributed by atoms with Crippen LogP contribution in [0.15, 0.2) is 42.0 Å². The van der Waals surface area contributed by atoms with Crippen molar-refractivity contribution in [3.8, 4) is 5.75 Å². The molecule has 0 spiro atoms. The van der Waals surface area contributed by atoms with Gasteiger partial charge in [-0.1, -0.05) is 29.3 Å². The fraction of sp³-hybridized carbons (Fsp3) is 0.304. The van der Waals surface area contributed by atoms with Gasteiger partial charge in [0.25, 0.3) is 11.7 Å². The monoisotopic (exact) mass is 461 g/mol. The predicted octanol–water partition coefficient (Wildman–Crippen LogP) is 4.38. The highest BCUT2D eigenvalue weighted by atomic mass is 35.5. The fourth-order valence-electron chi connectivity index (χ4n) is 4.05. The number of amides is 1. The van der Waals surface area contributed by atoms with E-state index in [9.17, 15) is 14.7 Å². The van der Waals surface area contributed by atoms with Crippen LogP contribution in [0.25, 0.3) is 5.76 Å². The summed E-state index contributed by atoms with van der Waals surface area (Å²) in [6.07, 6.45) is 0.748. The summed E-state index contributed by atoms with van der Waals surface area (Å²) in [6.45, 7) is 2.38. The summed E-state index contributed by atoms with van der Waals surface area (Å²) in [6, 6.07) is 9.33. The maximum absolute atomic E-state index is 13.0. The van der Waals surface area contributed by atoms with E-state index in [1.54, 1.807) is 36.4 Å². The fourth-order valence-corrected chi connectivity index (χ4v) is 4.36. The second-order valence-electron chi connectivity index (χ2n) is 7.61. The molecule has 2 aliphatic rings. The summed E-state index contributed by atoms with van der Waals surface area (Å²) in [5.74, 6) is -0.940. The van der Waals surface area contributed by atoms with Gasteiger partial charge in [-0.3, -0.25) is 9.59 Å². The summed E-state index contributed by atoms with van der Waals surface area (Å²) in [5.41, 5.74) is 1.97. The minimum absolute atomic E-state index is 0.00593. The minimum atomic E-state index is -0.812. The lowest BCUT2D eigenvalue weighted by atomic mass is 9.94. The van der Waals surface area contributed by atoms with E-state index >= 15 is 0 Å². The Labute approximate surface area is 190 Å². The van der Waals surface area contributed by atoms with E-state index in [1.165, 1.54) is 12.0 Å². The normalized spacial score (nSPS) is 22.0. The zero-order valence-electron chi connectivity index (χ0n) is 17.0. The summed E-state index contributed by atoms with van der Waals surface area (Å²) >= 11 is 12.3. The van der Waals surface area contributed by atoms with Crippen molar-refractivity contribution in [1.82, 2.24) is 4.90 Å². The van der Waals surface area contributed by atoms with Crippen LogP contribution < -0.4 is 4.74 Å². The number of ketones is 1. The van der Waals surface area contributed by atoms with Crippen LogP contribution in [0.1, 0.15) is 29.7 Å². The molecule has 1 amide bonds. The van der Waals surface area contributed by atoms with Crippen LogP contribution in [0, 0.1) is 0 Å². The number of aliphatic hydroxyl groups is 1. The van der Waals surface area contributed by atoms with E-state index in [1.807, 2.05) is 6.92 Å². The third-order valence-electron chi connectivity index (χ3n) is 5.51. The lowest BCUT2D eigenvalue weighted by Crippen LogP contribution is -2.32. The molecule has 2 aliphatic heterocycles. The molecular formula is C23H21Cl2NO5. The number of aliphatic hydroxyl groups excluding tert-OH is 1.